The van der Waals surface area contributed by atoms with Crippen LogP contribution < -0.4 is 20.8 Å². The summed E-state index contributed by atoms with van der Waals surface area (Å²) in [5, 5.41) is 16.9. The number of hydrogen-bond acceptors (Lipinski definition) is 7. The van der Waals surface area contributed by atoms with Crippen LogP contribution >= 0.6 is 0 Å². The number of ether oxygens (including phenoxy) is 2. The molecule has 0 saturated carbocycles. The Balaban J connectivity index is 2.19. The van der Waals surface area contributed by atoms with E-state index in [1.807, 2.05) is 13.8 Å². The minimum atomic E-state index is -0.934. The molecule has 11 heteroatoms. The van der Waals surface area contributed by atoms with Crippen LogP contribution in [0.3, 0.4) is 0 Å². The van der Waals surface area contributed by atoms with Gasteiger partial charge in [0.15, 0.2) is 0 Å². The van der Waals surface area contributed by atoms with Crippen molar-refractivity contribution in [2.24, 2.45) is 4.99 Å². The maximum atomic E-state index is 12.9. The first-order valence-electron chi connectivity index (χ1n) is 11.7. The van der Waals surface area contributed by atoms with Gasteiger partial charge in [-0.25, -0.2) is 4.79 Å². The van der Waals surface area contributed by atoms with Gasteiger partial charge in [-0.1, -0.05) is 20.3 Å². The summed E-state index contributed by atoms with van der Waals surface area (Å²) in [5.74, 6) is 0.278. The second kappa shape index (κ2) is 12.7. The average molecular weight is 484 g/mol. The monoisotopic (exact) mass is 484 g/mol. The van der Waals surface area contributed by atoms with Gasteiger partial charge in [-0.3, -0.25) is 25.2 Å². The lowest BCUT2D eigenvalue weighted by Crippen LogP contribution is -2.37. The van der Waals surface area contributed by atoms with E-state index in [2.05, 4.69) is 15.6 Å². The van der Waals surface area contributed by atoms with Crippen LogP contribution in [0.25, 0.3) is 0 Å². The van der Waals surface area contributed by atoms with Crippen LogP contribution in [0.4, 0.5) is 10.5 Å². The summed E-state index contributed by atoms with van der Waals surface area (Å²) < 4.78 is 11.0. The molecule has 1 aromatic rings. The number of nitro groups is 1. The average Bonchev–Trinajstić information content (AvgIpc) is 3.27. The molecule has 2 N–H and O–H groups in total. The van der Waals surface area contributed by atoms with E-state index in [1.54, 1.807) is 40.0 Å². The first-order valence-corrected chi connectivity index (χ1v) is 11.7. The molecule has 188 valence electrons. The molecule has 0 aromatic heterocycles. The predicted molar refractivity (Wildman–Crippen MR) is 136 cm³/mol. The van der Waals surface area contributed by atoms with E-state index in [0.717, 1.165) is 23.9 Å². The van der Waals surface area contributed by atoms with Crippen LogP contribution in [-0.4, -0.2) is 36.9 Å². The van der Waals surface area contributed by atoms with Gasteiger partial charge >= 0.3 is 6.09 Å². The van der Waals surface area contributed by atoms with Gasteiger partial charge in [0.2, 0.25) is 7.28 Å². The third-order valence-electron chi connectivity index (χ3n) is 5.51. The molecule has 2 amide bonds. The Labute approximate surface area is 206 Å². The van der Waals surface area contributed by atoms with E-state index >= 15 is 0 Å². The van der Waals surface area contributed by atoms with Crippen LogP contribution in [0, 0.1) is 10.1 Å². The zero-order chi connectivity index (χ0) is 26.1. The third kappa shape index (κ3) is 7.43. The van der Waals surface area contributed by atoms with Gasteiger partial charge in [0.25, 0.3) is 11.6 Å². The van der Waals surface area contributed by atoms with Gasteiger partial charge in [0.1, 0.15) is 23.4 Å². The summed E-state index contributed by atoms with van der Waals surface area (Å²) in [4.78, 5) is 40.9. The molecular weight excluding hydrogens is 451 g/mol. The summed E-state index contributed by atoms with van der Waals surface area (Å²) >= 11 is 0. The Bertz CT molecular complexity index is 1080. The number of benzene rings is 1. The number of allylic oxidation sites excluding steroid dienone is 2. The molecule has 0 saturated heterocycles. The standard InChI is InChI=1S/C24H33BN4O6/c1-7-9-10-26-21(14(3)4)23(30)27-22(15(5)8-2)28-24(31)35-16(6)17-11-20-18(25-13-34-20)12-19(17)29(32)33/h10-12,16,25H,7-9,13H2,1-6H3,(H,27,30)(H,28,31)/b22-15+,26-10-. The van der Waals surface area contributed by atoms with E-state index in [1.165, 1.54) is 6.07 Å². The number of hydrogen-bond donors (Lipinski definition) is 2. The highest BCUT2D eigenvalue weighted by Crippen LogP contribution is 2.31. The maximum absolute atomic E-state index is 12.9. The molecular formula is C24H33BN4O6. The van der Waals surface area contributed by atoms with Crippen molar-refractivity contribution >= 4 is 36.6 Å². The maximum Gasteiger partial charge on any atom is 0.413 e. The van der Waals surface area contributed by atoms with Gasteiger partial charge in [-0.2, -0.15) is 0 Å². The normalized spacial score (nSPS) is 13.7. The van der Waals surface area contributed by atoms with Crippen molar-refractivity contribution in [3.63, 3.8) is 0 Å². The molecule has 1 heterocycles. The van der Waals surface area contributed by atoms with Gasteiger partial charge in [0, 0.05) is 12.3 Å². The molecule has 1 atom stereocenters. The Morgan fingerprint density at radius 1 is 1.29 bits per heavy atom. The van der Waals surface area contributed by atoms with E-state index in [0.29, 0.717) is 31.5 Å². The number of nitrogens with zero attached hydrogens (tertiary/aromatic N) is 2. The Morgan fingerprint density at radius 3 is 2.60 bits per heavy atom. The van der Waals surface area contributed by atoms with Crippen molar-refractivity contribution in [2.75, 3.05) is 6.51 Å². The van der Waals surface area contributed by atoms with Gasteiger partial charge in [-0.05, 0) is 63.2 Å². The quantitative estimate of drug-likeness (QED) is 0.171. The van der Waals surface area contributed by atoms with E-state index in [9.17, 15) is 19.7 Å². The lowest BCUT2D eigenvalue weighted by molar-refractivity contribution is -0.386. The number of nitro benzene ring substituents is 1. The lowest BCUT2D eigenvalue weighted by Gasteiger charge is -2.18. The molecule has 10 nitrogen and oxygen atoms in total. The number of unbranched alkanes of at least 4 members (excludes halogenated alkanes) is 1. The first kappa shape index (κ1) is 27.6. The highest BCUT2D eigenvalue weighted by Gasteiger charge is 2.28. The fraction of sp³-hybridized carbons (Fsp3) is 0.458. The zero-order valence-corrected chi connectivity index (χ0v) is 21.2. The molecule has 0 spiro atoms. The van der Waals surface area contributed by atoms with Crippen molar-refractivity contribution in [3.05, 3.63) is 50.5 Å². The van der Waals surface area contributed by atoms with Crippen molar-refractivity contribution in [1.82, 2.24) is 10.6 Å². The SMILES string of the molecule is CCC/C=N\C(C(=O)N/C(NC(=O)OC(C)c1cc2c(cc1[N+](=O)[O-])BCO2)=C(/C)CC)=C(C)C. The summed E-state index contributed by atoms with van der Waals surface area (Å²) in [5.41, 5.74) is 2.54. The molecule has 0 bridgehead atoms. The van der Waals surface area contributed by atoms with Crippen LogP contribution in [0.15, 0.2) is 39.8 Å². The molecule has 1 unspecified atom stereocenters. The lowest BCUT2D eigenvalue weighted by atomic mass is 9.72. The van der Waals surface area contributed by atoms with Crippen molar-refractivity contribution in [2.45, 2.75) is 66.9 Å². The Morgan fingerprint density at radius 2 is 2.00 bits per heavy atom. The minimum absolute atomic E-state index is 0.138. The van der Waals surface area contributed by atoms with E-state index in [-0.39, 0.29) is 22.8 Å². The Kier molecular flexibility index (Phi) is 10.0. The molecule has 0 fully saturated rings. The number of carbonyl (C=O) groups is 2. The van der Waals surface area contributed by atoms with Gasteiger partial charge in [0.05, 0.1) is 17.0 Å². The second-order valence-corrected chi connectivity index (χ2v) is 8.46. The number of nitrogens with one attached hydrogen (secondary N) is 2. The highest BCUT2D eigenvalue weighted by molar-refractivity contribution is 6.56. The molecule has 1 aliphatic rings. The Hall–Kier alpha value is -3.63. The fourth-order valence-electron chi connectivity index (χ4n) is 3.36. The molecule has 2 rings (SSSR count). The van der Waals surface area contributed by atoms with Crippen LogP contribution in [-0.2, 0) is 9.53 Å². The van der Waals surface area contributed by atoms with Crippen molar-refractivity contribution in [3.8, 4) is 5.75 Å². The molecule has 0 aliphatic carbocycles. The van der Waals surface area contributed by atoms with Gasteiger partial charge < -0.3 is 14.8 Å². The van der Waals surface area contributed by atoms with Crippen LogP contribution in [0.1, 0.15) is 72.5 Å². The molecule has 1 aliphatic heterocycles. The topological polar surface area (TPSA) is 132 Å². The summed E-state index contributed by atoms with van der Waals surface area (Å²) in [6, 6.07) is 3.01. The summed E-state index contributed by atoms with van der Waals surface area (Å²) in [7, 11) is 0.590. The number of rotatable bonds is 10. The first-order chi connectivity index (χ1) is 16.6. The van der Waals surface area contributed by atoms with Crippen LogP contribution in [0.2, 0.25) is 0 Å². The summed E-state index contributed by atoms with van der Waals surface area (Å²) in [6.07, 6.45) is 2.10. The molecule has 35 heavy (non-hydrogen) atoms. The van der Waals surface area contributed by atoms with E-state index < -0.39 is 23.0 Å². The summed E-state index contributed by atoms with van der Waals surface area (Å²) in [6.45, 7) is 11.2. The number of aliphatic imine (C=N–C) groups is 1. The van der Waals surface area contributed by atoms with Gasteiger partial charge in [-0.15, -0.1) is 0 Å². The largest absolute Gasteiger partial charge is 0.502 e. The molecule has 0 radical (unpaired) electrons. The number of fused-ring (bicyclic) bond motifs is 1. The zero-order valence-electron chi connectivity index (χ0n) is 21.2. The van der Waals surface area contributed by atoms with Crippen molar-refractivity contribution < 1.29 is 24.0 Å². The number of alkyl carbamates (subject to hydrolysis) is 1. The minimum Gasteiger partial charge on any atom is -0.502 e. The second-order valence-electron chi connectivity index (χ2n) is 8.46. The number of carbonyl (C=O) groups excluding carboxylic acids is 2. The fourth-order valence-corrected chi connectivity index (χ4v) is 3.36. The molecule has 1 aromatic carbocycles. The van der Waals surface area contributed by atoms with Crippen molar-refractivity contribution in [1.29, 1.82) is 0 Å². The number of amides is 2. The van der Waals surface area contributed by atoms with E-state index in [4.69, 9.17) is 9.47 Å². The van der Waals surface area contributed by atoms with Crippen LogP contribution in [0.5, 0.6) is 5.75 Å². The third-order valence-corrected chi connectivity index (χ3v) is 5.51. The predicted octanol–water partition coefficient (Wildman–Crippen LogP) is 3.72. The highest BCUT2D eigenvalue weighted by atomic mass is 16.6. The smallest absolute Gasteiger partial charge is 0.413 e.